The standard InChI is InChI=1S/C22H29ClN2O4S/c1-16-14-17(2)22(18(3)15-16)25(30(4,27)28)12-5-6-21(26)24-11-13-29-20-9-7-19(23)8-10-20/h7-10,14-15H,5-6,11-13H2,1-4H3,(H,24,26). The Kier molecular flexibility index (Phi) is 8.55. The second-order valence-electron chi connectivity index (χ2n) is 7.34. The van der Waals surface area contributed by atoms with Gasteiger partial charge >= 0.3 is 0 Å². The van der Waals surface area contributed by atoms with E-state index in [2.05, 4.69) is 5.32 Å². The van der Waals surface area contributed by atoms with E-state index in [0.29, 0.717) is 36.0 Å². The molecule has 6 nitrogen and oxygen atoms in total. The zero-order chi connectivity index (χ0) is 22.3. The van der Waals surface area contributed by atoms with Crippen LogP contribution in [-0.4, -0.2) is 40.3 Å². The first-order valence-electron chi connectivity index (χ1n) is 9.78. The van der Waals surface area contributed by atoms with Crippen molar-refractivity contribution in [2.24, 2.45) is 0 Å². The van der Waals surface area contributed by atoms with E-state index in [4.69, 9.17) is 16.3 Å². The van der Waals surface area contributed by atoms with Crippen molar-refractivity contribution in [3.05, 3.63) is 58.1 Å². The number of halogens is 1. The highest BCUT2D eigenvalue weighted by Gasteiger charge is 2.21. The lowest BCUT2D eigenvalue weighted by Gasteiger charge is -2.26. The Morgan fingerprint density at radius 3 is 2.27 bits per heavy atom. The first-order valence-corrected chi connectivity index (χ1v) is 12.0. The summed E-state index contributed by atoms with van der Waals surface area (Å²) in [7, 11) is -3.46. The molecular weight excluding hydrogens is 424 g/mol. The molecule has 0 aliphatic rings. The van der Waals surface area contributed by atoms with Crippen LogP contribution in [0.1, 0.15) is 29.5 Å². The van der Waals surface area contributed by atoms with Gasteiger partial charge in [0, 0.05) is 18.0 Å². The molecule has 0 saturated carbocycles. The Hall–Kier alpha value is -2.25. The van der Waals surface area contributed by atoms with Gasteiger partial charge < -0.3 is 10.1 Å². The minimum atomic E-state index is -3.46. The molecule has 0 atom stereocenters. The van der Waals surface area contributed by atoms with Crippen molar-refractivity contribution < 1.29 is 17.9 Å². The number of nitrogens with one attached hydrogen (secondary N) is 1. The number of amides is 1. The highest BCUT2D eigenvalue weighted by Crippen LogP contribution is 2.28. The Labute approximate surface area is 184 Å². The van der Waals surface area contributed by atoms with Gasteiger partial charge in [-0.15, -0.1) is 0 Å². The summed E-state index contributed by atoms with van der Waals surface area (Å²) in [4.78, 5) is 12.1. The van der Waals surface area contributed by atoms with E-state index in [1.165, 1.54) is 10.6 Å². The number of carbonyl (C=O) groups excluding carboxylic acids is 1. The number of hydrogen-bond donors (Lipinski definition) is 1. The first kappa shape index (κ1) is 24.0. The molecule has 0 aliphatic heterocycles. The maximum Gasteiger partial charge on any atom is 0.232 e. The lowest BCUT2D eigenvalue weighted by Crippen LogP contribution is -2.33. The molecule has 0 aromatic heterocycles. The van der Waals surface area contributed by atoms with E-state index >= 15 is 0 Å². The van der Waals surface area contributed by atoms with Crippen molar-refractivity contribution in [3.63, 3.8) is 0 Å². The third kappa shape index (κ3) is 7.22. The van der Waals surface area contributed by atoms with Gasteiger partial charge in [0.25, 0.3) is 0 Å². The van der Waals surface area contributed by atoms with E-state index < -0.39 is 10.0 Å². The van der Waals surface area contributed by atoms with Crippen LogP contribution in [0, 0.1) is 20.8 Å². The molecule has 1 amide bonds. The zero-order valence-corrected chi connectivity index (χ0v) is 19.4. The third-order valence-electron chi connectivity index (χ3n) is 4.56. The number of rotatable bonds is 10. The van der Waals surface area contributed by atoms with E-state index in [1.807, 2.05) is 32.9 Å². The number of nitrogens with zero attached hydrogens (tertiary/aromatic N) is 1. The molecule has 0 unspecified atom stereocenters. The number of sulfonamides is 1. The Morgan fingerprint density at radius 1 is 1.10 bits per heavy atom. The lowest BCUT2D eigenvalue weighted by molar-refractivity contribution is -0.121. The fourth-order valence-electron chi connectivity index (χ4n) is 3.37. The molecule has 8 heteroatoms. The average molecular weight is 453 g/mol. The molecule has 2 aromatic carbocycles. The van der Waals surface area contributed by atoms with Crippen molar-refractivity contribution in [1.29, 1.82) is 0 Å². The van der Waals surface area contributed by atoms with E-state index in [9.17, 15) is 13.2 Å². The largest absolute Gasteiger partial charge is 0.492 e. The van der Waals surface area contributed by atoms with E-state index in [0.717, 1.165) is 16.7 Å². The SMILES string of the molecule is Cc1cc(C)c(N(CCCC(=O)NCCOc2ccc(Cl)cc2)S(C)(=O)=O)c(C)c1. The van der Waals surface area contributed by atoms with Crippen LogP contribution in [0.5, 0.6) is 5.75 Å². The minimum absolute atomic E-state index is 0.138. The predicted octanol–water partition coefficient (Wildman–Crippen LogP) is 4.01. The monoisotopic (exact) mass is 452 g/mol. The van der Waals surface area contributed by atoms with Crippen LogP contribution in [0.3, 0.4) is 0 Å². The number of hydrogen-bond acceptors (Lipinski definition) is 4. The van der Waals surface area contributed by atoms with Crippen molar-refractivity contribution in [2.75, 3.05) is 30.3 Å². The highest BCUT2D eigenvalue weighted by molar-refractivity contribution is 7.92. The second kappa shape index (κ2) is 10.7. The van der Waals surface area contributed by atoms with Gasteiger partial charge in [-0.3, -0.25) is 9.10 Å². The molecule has 0 saturated heterocycles. The summed E-state index contributed by atoms with van der Waals surface area (Å²) in [6, 6.07) is 10.9. The van der Waals surface area contributed by atoms with Crippen molar-refractivity contribution in [1.82, 2.24) is 5.32 Å². The van der Waals surface area contributed by atoms with Gasteiger partial charge in [-0.25, -0.2) is 8.42 Å². The molecule has 0 aliphatic carbocycles. The van der Waals surface area contributed by atoms with Crippen LogP contribution in [-0.2, 0) is 14.8 Å². The van der Waals surface area contributed by atoms with Gasteiger partial charge in [0.05, 0.1) is 18.5 Å². The predicted molar refractivity (Wildman–Crippen MR) is 122 cm³/mol. The number of aryl methyl sites for hydroxylation is 3. The minimum Gasteiger partial charge on any atom is -0.492 e. The maximum atomic E-state index is 12.4. The van der Waals surface area contributed by atoms with Crippen LogP contribution < -0.4 is 14.4 Å². The van der Waals surface area contributed by atoms with Crippen LogP contribution in [0.15, 0.2) is 36.4 Å². The van der Waals surface area contributed by atoms with Gasteiger partial charge in [0.15, 0.2) is 0 Å². The quantitative estimate of drug-likeness (QED) is 0.552. The fraction of sp³-hybridized carbons (Fsp3) is 0.409. The average Bonchev–Trinajstić information content (AvgIpc) is 2.64. The Balaban J connectivity index is 1.84. The highest BCUT2D eigenvalue weighted by atomic mass is 35.5. The number of ether oxygens (including phenoxy) is 1. The van der Waals surface area contributed by atoms with Gasteiger partial charge in [0.2, 0.25) is 15.9 Å². The lowest BCUT2D eigenvalue weighted by atomic mass is 10.0. The van der Waals surface area contributed by atoms with Crippen molar-refractivity contribution >= 4 is 33.2 Å². The molecule has 0 spiro atoms. The van der Waals surface area contributed by atoms with E-state index in [1.54, 1.807) is 24.3 Å². The van der Waals surface area contributed by atoms with Gasteiger partial charge in [-0.05, 0) is 62.6 Å². The van der Waals surface area contributed by atoms with Gasteiger partial charge in [-0.1, -0.05) is 29.3 Å². The summed E-state index contributed by atoms with van der Waals surface area (Å²) >= 11 is 5.82. The zero-order valence-electron chi connectivity index (χ0n) is 17.9. The molecule has 2 aromatic rings. The molecule has 30 heavy (non-hydrogen) atoms. The molecule has 0 radical (unpaired) electrons. The van der Waals surface area contributed by atoms with Crippen LogP contribution in [0.25, 0.3) is 0 Å². The molecule has 0 heterocycles. The molecule has 0 fully saturated rings. The van der Waals surface area contributed by atoms with Gasteiger partial charge in [0.1, 0.15) is 12.4 Å². The normalized spacial score (nSPS) is 11.2. The van der Waals surface area contributed by atoms with Crippen LogP contribution >= 0.6 is 11.6 Å². The van der Waals surface area contributed by atoms with Crippen LogP contribution in [0.2, 0.25) is 5.02 Å². The third-order valence-corrected chi connectivity index (χ3v) is 5.97. The smallest absolute Gasteiger partial charge is 0.232 e. The number of carbonyl (C=O) groups is 1. The molecule has 0 bridgehead atoms. The summed E-state index contributed by atoms with van der Waals surface area (Å²) in [6.45, 7) is 6.74. The van der Waals surface area contributed by atoms with E-state index in [-0.39, 0.29) is 18.9 Å². The Morgan fingerprint density at radius 2 is 1.70 bits per heavy atom. The topological polar surface area (TPSA) is 75.7 Å². The summed E-state index contributed by atoms with van der Waals surface area (Å²) < 4.78 is 31.7. The summed E-state index contributed by atoms with van der Waals surface area (Å²) in [5.41, 5.74) is 3.59. The fourth-order valence-corrected chi connectivity index (χ4v) is 4.58. The molecular formula is C22H29ClN2O4S. The maximum absolute atomic E-state index is 12.4. The van der Waals surface area contributed by atoms with Gasteiger partial charge in [-0.2, -0.15) is 0 Å². The first-order chi connectivity index (χ1) is 14.1. The summed E-state index contributed by atoms with van der Waals surface area (Å²) in [5.74, 6) is 0.543. The van der Waals surface area contributed by atoms with Crippen molar-refractivity contribution in [2.45, 2.75) is 33.6 Å². The number of benzene rings is 2. The van der Waals surface area contributed by atoms with Crippen molar-refractivity contribution in [3.8, 4) is 5.75 Å². The molecule has 1 N–H and O–H groups in total. The number of anilines is 1. The Bertz CT molecular complexity index is 952. The molecule has 164 valence electrons. The summed E-state index contributed by atoms with van der Waals surface area (Å²) in [6.07, 6.45) is 1.85. The second-order valence-corrected chi connectivity index (χ2v) is 9.68. The summed E-state index contributed by atoms with van der Waals surface area (Å²) in [5, 5.41) is 3.42. The van der Waals surface area contributed by atoms with Crippen LogP contribution in [0.4, 0.5) is 5.69 Å². The molecule has 2 rings (SSSR count).